The molecule has 2 heteroatoms. The van der Waals surface area contributed by atoms with E-state index in [1.807, 2.05) is 13.1 Å². The third-order valence-electron chi connectivity index (χ3n) is 1.97. The van der Waals surface area contributed by atoms with E-state index < -0.39 is 0 Å². The molecule has 0 aliphatic heterocycles. The van der Waals surface area contributed by atoms with E-state index in [1.165, 1.54) is 10.8 Å². The molecule has 0 radical (unpaired) electrons. The Morgan fingerprint density at radius 2 is 2.17 bits per heavy atom. The lowest BCUT2D eigenvalue weighted by molar-refractivity contribution is 1.29. The Morgan fingerprint density at radius 1 is 1.50 bits per heavy atom. The number of nitrogens with zero attached hydrogens (tertiary/aromatic N) is 1. The van der Waals surface area contributed by atoms with Gasteiger partial charge in [-0.3, -0.25) is 4.99 Å². The summed E-state index contributed by atoms with van der Waals surface area (Å²) in [5, 5.41) is 2.15. The lowest BCUT2D eigenvalue weighted by Gasteiger charge is -1.87. The molecule has 2 nitrogen and oxygen atoms in total. The highest BCUT2D eigenvalue weighted by molar-refractivity contribution is 5.79. The Hall–Kier alpha value is -1.31. The number of aromatic nitrogens is 1. The van der Waals surface area contributed by atoms with Crippen molar-refractivity contribution in [2.45, 2.75) is 13.8 Å². The van der Waals surface area contributed by atoms with E-state index in [4.69, 9.17) is 0 Å². The van der Waals surface area contributed by atoms with Crippen LogP contribution in [0.3, 0.4) is 0 Å². The van der Waals surface area contributed by atoms with Gasteiger partial charge in [0.1, 0.15) is 0 Å². The Morgan fingerprint density at radius 3 is 2.58 bits per heavy atom. The average molecular weight is 162 g/mol. The van der Waals surface area contributed by atoms with Gasteiger partial charge in [0, 0.05) is 18.6 Å². The van der Waals surface area contributed by atoms with Crippen LogP contribution in [0.5, 0.6) is 0 Å². The first kappa shape index (κ1) is 8.78. The zero-order chi connectivity index (χ0) is 9.14. The van der Waals surface area contributed by atoms with Gasteiger partial charge in [0.25, 0.3) is 0 Å². The van der Waals surface area contributed by atoms with Crippen LogP contribution in [-0.4, -0.2) is 18.2 Å². The Bertz CT molecular complexity index is 396. The van der Waals surface area contributed by atoms with Crippen LogP contribution in [0.15, 0.2) is 4.99 Å². The van der Waals surface area contributed by atoms with Gasteiger partial charge < -0.3 is 4.98 Å². The van der Waals surface area contributed by atoms with E-state index in [0.717, 1.165) is 11.0 Å². The zero-order valence-electron chi connectivity index (χ0n) is 7.81. The topological polar surface area (TPSA) is 28.1 Å². The van der Waals surface area contributed by atoms with Crippen LogP contribution < -0.4 is 10.6 Å². The van der Waals surface area contributed by atoms with Gasteiger partial charge in [-0.2, -0.15) is 0 Å². The maximum absolute atomic E-state index is 3.96. The summed E-state index contributed by atoms with van der Waals surface area (Å²) in [6.07, 6.45) is 3.87. The van der Waals surface area contributed by atoms with E-state index in [9.17, 15) is 0 Å². The first-order chi connectivity index (χ1) is 5.70. The first-order valence-electron chi connectivity index (χ1n) is 3.96. The monoisotopic (exact) mass is 162 g/mol. The van der Waals surface area contributed by atoms with Gasteiger partial charge >= 0.3 is 0 Å². The first-order valence-corrected chi connectivity index (χ1v) is 3.96. The summed E-state index contributed by atoms with van der Waals surface area (Å²) in [5.41, 5.74) is 2.27. The second kappa shape index (κ2) is 3.39. The molecule has 0 amide bonds. The molecule has 0 spiro atoms. The highest BCUT2D eigenvalue weighted by atomic mass is 14.7. The van der Waals surface area contributed by atoms with Crippen molar-refractivity contribution >= 4 is 18.9 Å². The molecule has 12 heavy (non-hydrogen) atoms. The zero-order valence-corrected chi connectivity index (χ0v) is 7.81. The molecule has 0 unspecified atom stereocenters. The summed E-state index contributed by atoms with van der Waals surface area (Å²) in [4.78, 5) is 7.13. The standard InChI is InChI=1S/C10H14N2/c1-5-9-7(2)10(6-11-4)12-8(9)3/h5-6,12H,3H2,1-2,4H3/b9-5-,11-6?. The van der Waals surface area contributed by atoms with Crippen molar-refractivity contribution in [3.8, 4) is 0 Å². The van der Waals surface area contributed by atoms with Gasteiger partial charge in [0.2, 0.25) is 0 Å². The maximum atomic E-state index is 3.96. The third kappa shape index (κ3) is 1.33. The summed E-state index contributed by atoms with van der Waals surface area (Å²) < 4.78 is 0. The van der Waals surface area contributed by atoms with Crippen molar-refractivity contribution in [1.29, 1.82) is 0 Å². The molecule has 1 N–H and O–H groups in total. The molecule has 0 aliphatic rings. The van der Waals surface area contributed by atoms with Crippen molar-refractivity contribution in [1.82, 2.24) is 4.98 Å². The Kier molecular flexibility index (Phi) is 2.48. The van der Waals surface area contributed by atoms with Crippen LogP contribution in [0.1, 0.15) is 18.2 Å². The fourth-order valence-corrected chi connectivity index (χ4v) is 1.34. The van der Waals surface area contributed by atoms with E-state index in [2.05, 4.69) is 29.6 Å². The number of nitrogens with one attached hydrogen (secondary N) is 1. The summed E-state index contributed by atoms with van der Waals surface area (Å²) >= 11 is 0. The summed E-state index contributed by atoms with van der Waals surface area (Å²) in [5.74, 6) is 0. The second-order valence-corrected chi connectivity index (χ2v) is 2.73. The highest BCUT2D eigenvalue weighted by Gasteiger charge is 1.98. The molecular formula is C10H14N2. The van der Waals surface area contributed by atoms with E-state index in [0.29, 0.717) is 0 Å². The van der Waals surface area contributed by atoms with Crippen LogP contribution in [0.2, 0.25) is 0 Å². The average Bonchev–Trinajstić information content (AvgIpc) is 2.29. The summed E-state index contributed by atoms with van der Waals surface area (Å²) in [6.45, 7) is 7.99. The molecule has 0 aliphatic carbocycles. The van der Waals surface area contributed by atoms with Crippen LogP contribution in [0.4, 0.5) is 0 Å². The van der Waals surface area contributed by atoms with Crippen molar-refractivity contribution < 1.29 is 0 Å². The number of H-pyrrole nitrogens is 1. The van der Waals surface area contributed by atoms with Gasteiger partial charge in [0.05, 0.1) is 5.69 Å². The number of aromatic amines is 1. The Labute approximate surface area is 72.3 Å². The van der Waals surface area contributed by atoms with Crippen LogP contribution >= 0.6 is 0 Å². The largest absolute Gasteiger partial charge is 0.354 e. The number of aliphatic imine (C=N–C) groups is 1. The molecule has 64 valence electrons. The predicted octanol–water partition coefficient (Wildman–Crippen LogP) is 0.583. The molecule has 0 saturated carbocycles. The molecular weight excluding hydrogens is 148 g/mol. The highest BCUT2D eigenvalue weighted by Crippen LogP contribution is 1.91. The van der Waals surface area contributed by atoms with Gasteiger partial charge in [-0.15, -0.1) is 0 Å². The van der Waals surface area contributed by atoms with Crippen LogP contribution in [0.25, 0.3) is 12.7 Å². The fraction of sp³-hybridized carbons (Fsp3) is 0.300. The molecule has 1 aromatic heterocycles. The minimum atomic E-state index is 0.963. The summed E-state index contributed by atoms with van der Waals surface area (Å²) in [6, 6.07) is 0. The minimum absolute atomic E-state index is 0.963. The van der Waals surface area contributed by atoms with Gasteiger partial charge in [-0.25, -0.2) is 0 Å². The molecule has 0 fully saturated rings. The number of rotatable bonds is 1. The maximum Gasteiger partial charge on any atom is 0.0601 e. The van der Waals surface area contributed by atoms with Crippen molar-refractivity contribution in [3.63, 3.8) is 0 Å². The molecule has 0 atom stereocenters. The number of hydrogen-bond acceptors (Lipinski definition) is 1. The molecule has 1 rings (SSSR count). The smallest absolute Gasteiger partial charge is 0.0601 e. The SMILES string of the molecule is C=c1[nH]c(C=NC)c(C)/c1=C/C. The van der Waals surface area contributed by atoms with Crippen molar-refractivity contribution in [2.75, 3.05) is 7.05 Å². The van der Waals surface area contributed by atoms with Crippen LogP contribution in [0, 0.1) is 6.92 Å². The van der Waals surface area contributed by atoms with Crippen molar-refractivity contribution in [3.05, 3.63) is 21.8 Å². The molecule has 1 heterocycles. The fourth-order valence-electron chi connectivity index (χ4n) is 1.34. The van der Waals surface area contributed by atoms with E-state index >= 15 is 0 Å². The van der Waals surface area contributed by atoms with Gasteiger partial charge in [0.15, 0.2) is 0 Å². The van der Waals surface area contributed by atoms with Gasteiger partial charge in [-0.05, 0) is 24.6 Å². The van der Waals surface area contributed by atoms with E-state index in [1.54, 1.807) is 7.05 Å². The molecule has 0 saturated heterocycles. The lowest BCUT2D eigenvalue weighted by atomic mass is 10.2. The molecule has 1 aromatic rings. The predicted molar refractivity (Wildman–Crippen MR) is 54.0 cm³/mol. The molecule has 0 bridgehead atoms. The van der Waals surface area contributed by atoms with Gasteiger partial charge in [-0.1, -0.05) is 12.7 Å². The minimum Gasteiger partial charge on any atom is -0.354 e. The third-order valence-corrected chi connectivity index (χ3v) is 1.97. The molecule has 0 aromatic carbocycles. The lowest BCUT2D eigenvalue weighted by Crippen LogP contribution is -2.21. The number of hydrogen-bond donors (Lipinski definition) is 1. The second-order valence-electron chi connectivity index (χ2n) is 2.73. The van der Waals surface area contributed by atoms with Crippen molar-refractivity contribution in [2.24, 2.45) is 4.99 Å². The van der Waals surface area contributed by atoms with E-state index in [-0.39, 0.29) is 0 Å². The quantitative estimate of drug-likeness (QED) is 0.585. The summed E-state index contributed by atoms with van der Waals surface area (Å²) in [7, 11) is 1.76. The normalized spacial score (nSPS) is 13.1. The Balaban J connectivity index is 3.48. The van der Waals surface area contributed by atoms with Crippen LogP contribution in [-0.2, 0) is 0 Å².